The van der Waals surface area contributed by atoms with E-state index in [0.717, 1.165) is 11.1 Å². The highest BCUT2D eigenvalue weighted by molar-refractivity contribution is 6.31. The van der Waals surface area contributed by atoms with Crippen molar-refractivity contribution in [1.29, 1.82) is 0 Å². The van der Waals surface area contributed by atoms with Crippen LogP contribution in [-0.4, -0.2) is 11.1 Å². The van der Waals surface area contributed by atoms with Crippen molar-refractivity contribution in [3.8, 4) is 11.3 Å². The van der Waals surface area contributed by atoms with Crippen LogP contribution in [0.15, 0.2) is 47.0 Å². The molecule has 0 aliphatic carbocycles. The molecule has 0 fully saturated rings. The Kier molecular flexibility index (Phi) is 4.60. The SMILES string of the molecule is Cc1ccc(Cl)cc1NC(=O)c1c(C)noc1-c1ccc(Cl)cc1. The number of halogens is 2. The van der Waals surface area contributed by atoms with Gasteiger partial charge in [-0.3, -0.25) is 4.79 Å². The Labute approximate surface area is 149 Å². The van der Waals surface area contributed by atoms with Gasteiger partial charge in [-0.25, -0.2) is 0 Å². The Morgan fingerprint density at radius 2 is 1.71 bits per heavy atom. The van der Waals surface area contributed by atoms with Crippen LogP contribution in [-0.2, 0) is 0 Å². The standard InChI is InChI=1S/C18H14Cl2N2O2/c1-10-3-6-14(20)9-15(10)21-18(23)16-11(2)22-24-17(16)12-4-7-13(19)8-5-12/h3-9H,1-2H3,(H,21,23). The first-order valence-electron chi connectivity index (χ1n) is 7.25. The molecule has 0 spiro atoms. The molecule has 4 nitrogen and oxygen atoms in total. The molecular weight excluding hydrogens is 347 g/mol. The fourth-order valence-corrected chi connectivity index (χ4v) is 2.65. The van der Waals surface area contributed by atoms with Crippen LogP contribution >= 0.6 is 23.2 Å². The van der Waals surface area contributed by atoms with Crippen LogP contribution in [0, 0.1) is 13.8 Å². The van der Waals surface area contributed by atoms with Crippen molar-refractivity contribution in [2.75, 3.05) is 5.32 Å². The predicted molar refractivity (Wildman–Crippen MR) is 95.8 cm³/mol. The lowest BCUT2D eigenvalue weighted by molar-refractivity contribution is 0.102. The van der Waals surface area contributed by atoms with Gasteiger partial charge in [-0.2, -0.15) is 0 Å². The number of nitrogens with zero attached hydrogens (tertiary/aromatic N) is 1. The molecule has 0 radical (unpaired) electrons. The monoisotopic (exact) mass is 360 g/mol. The molecule has 2 aromatic carbocycles. The van der Waals surface area contributed by atoms with Crippen LogP contribution in [0.25, 0.3) is 11.3 Å². The van der Waals surface area contributed by atoms with E-state index in [4.69, 9.17) is 27.7 Å². The highest BCUT2D eigenvalue weighted by Gasteiger charge is 2.22. The number of aryl methyl sites for hydroxylation is 2. The zero-order valence-electron chi connectivity index (χ0n) is 13.1. The molecule has 0 saturated heterocycles. The van der Waals surface area contributed by atoms with Crippen LogP contribution in [0.3, 0.4) is 0 Å². The number of amides is 1. The van der Waals surface area contributed by atoms with Crippen molar-refractivity contribution in [2.24, 2.45) is 0 Å². The molecule has 1 aromatic heterocycles. The molecule has 122 valence electrons. The summed E-state index contributed by atoms with van der Waals surface area (Å²) in [5, 5.41) is 7.95. The summed E-state index contributed by atoms with van der Waals surface area (Å²) < 4.78 is 5.35. The third-order valence-electron chi connectivity index (χ3n) is 3.64. The maximum absolute atomic E-state index is 12.7. The molecular formula is C18H14Cl2N2O2. The normalized spacial score (nSPS) is 10.7. The minimum Gasteiger partial charge on any atom is -0.355 e. The zero-order chi connectivity index (χ0) is 17.3. The minimum atomic E-state index is -0.302. The maximum Gasteiger partial charge on any atom is 0.261 e. The van der Waals surface area contributed by atoms with Gasteiger partial charge in [0, 0.05) is 21.3 Å². The molecule has 1 heterocycles. The summed E-state index contributed by atoms with van der Waals surface area (Å²) in [4.78, 5) is 12.7. The summed E-state index contributed by atoms with van der Waals surface area (Å²) in [6.45, 7) is 3.62. The Balaban J connectivity index is 1.97. The molecule has 1 N–H and O–H groups in total. The highest BCUT2D eigenvalue weighted by atomic mass is 35.5. The first-order valence-corrected chi connectivity index (χ1v) is 8.01. The van der Waals surface area contributed by atoms with Crippen molar-refractivity contribution in [3.63, 3.8) is 0 Å². The van der Waals surface area contributed by atoms with Gasteiger partial charge in [0.1, 0.15) is 5.56 Å². The van der Waals surface area contributed by atoms with E-state index < -0.39 is 0 Å². The minimum absolute atomic E-state index is 0.302. The van der Waals surface area contributed by atoms with Gasteiger partial charge in [0.2, 0.25) is 0 Å². The quantitative estimate of drug-likeness (QED) is 0.669. The van der Waals surface area contributed by atoms with E-state index in [9.17, 15) is 4.79 Å². The molecule has 0 aliphatic rings. The molecule has 0 bridgehead atoms. The van der Waals surface area contributed by atoms with E-state index in [0.29, 0.717) is 32.8 Å². The zero-order valence-corrected chi connectivity index (χ0v) is 14.6. The van der Waals surface area contributed by atoms with Crippen molar-refractivity contribution >= 4 is 34.8 Å². The maximum atomic E-state index is 12.7. The van der Waals surface area contributed by atoms with Gasteiger partial charge in [0.25, 0.3) is 5.91 Å². The Morgan fingerprint density at radius 1 is 1.04 bits per heavy atom. The van der Waals surface area contributed by atoms with Crippen LogP contribution < -0.4 is 5.32 Å². The van der Waals surface area contributed by atoms with Gasteiger partial charge < -0.3 is 9.84 Å². The molecule has 1 amide bonds. The number of hydrogen-bond donors (Lipinski definition) is 1. The van der Waals surface area contributed by atoms with Crippen molar-refractivity contribution in [2.45, 2.75) is 13.8 Å². The van der Waals surface area contributed by atoms with E-state index in [1.54, 1.807) is 43.3 Å². The summed E-state index contributed by atoms with van der Waals surface area (Å²) in [7, 11) is 0. The van der Waals surface area contributed by atoms with Gasteiger partial charge in [-0.1, -0.05) is 34.4 Å². The lowest BCUT2D eigenvalue weighted by Crippen LogP contribution is -2.14. The van der Waals surface area contributed by atoms with Crippen LogP contribution in [0.4, 0.5) is 5.69 Å². The van der Waals surface area contributed by atoms with Gasteiger partial charge in [0.05, 0.1) is 5.69 Å². The van der Waals surface area contributed by atoms with Crippen LogP contribution in [0.5, 0.6) is 0 Å². The molecule has 0 atom stereocenters. The lowest BCUT2D eigenvalue weighted by atomic mass is 10.1. The van der Waals surface area contributed by atoms with Crippen molar-refractivity contribution in [1.82, 2.24) is 5.16 Å². The molecule has 3 rings (SSSR count). The number of benzene rings is 2. The number of hydrogen-bond acceptors (Lipinski definition) is 3. The number of nitrogens with one attached hydrogen (secondary N) is 1. The second kappa shape index (κ2) is 6.67. The molecule has 24 heavy (non-hydrogen) atoms. The average molecular weight is 361 g/mol. The summed E-state index contributed by atoms with van der Waals surface area (Å²) in [6, 6.07) is 12.4. The van der Waals surface area contributed by atoms with Crippen LogP contribution in [0.2, 0.25) is 10.0 Å². The fourth-order valence-electron chi connectivity index (χ4n) is 2.35. The number of aromatic nitrogens is 1. The third-order valence-corrected chi connectivity index (χ3v) is 4.13. The van der Waals surface area contributed by atoms with Gasteiger partial charge in [0.15, 0.2) is 5.76 Å². The van der Waals surface area contributed by atoms with Crippen LogP contribution in [0.1, 0.15) is 21.6 Å². The Hall–Kier alpha value is -2.30. The van der Waals surface area contributed by atoms with Gasteiger partial charge in [-0.15, -0.1) is 0 Å². The van der Waals surface area contributed by atoms with E-state index in [2.05, 4.69) is 10.5 Å². The van der Waals surface area contributed by atoms with Gasteiger partial charge in [-0.05, 0) is 55.8 Å². The summed E-state index contributed by atoms with van der Waals surface area (Å²) >= 11 is 11.9. The highest BCUT2D eigenvalue weighted by Crippen LogP contribution is 2.29. The molecule has 3 aromatic rings. The second-order valence-corrected chi connectivity index (χ2v) is 6.27. The number of carbonyl (C=O) groups is 1. The molecule has 6 heteroatoms. The molecule has 0 aliphatic heterocycles. The second-order valence-electron chi connectivity index (χ2n) is 5.39. The third kappa shape index (κ3) is 3.30. The Morgan fingerprint density at radius 3 is 2.42 bits per heavy atom. The number of anilines is 1. The topological polar surface area (TPSA) is 55.1 Å². The van der Waals surface area contributed by atoms with E-state index >= 15 is 0 Å². The molecule has 0 unspecified atom stereocenters. The first-order chi connectivity index (χ1) is 11.5. The van der Waals surface area contributed by atoms with Crippen molar-refractivity contribution in [3.05, 3.63) is 69.3 Å². The predicted octanol–water partition coefficient (Wildman–Crippen LogP) is 5.52. The Bertz CT molecular complexity index is 902. The lowest BCUT2D eigenvalue weighted by Gasteiger charge is -2.09. The summed E-state index contributed by atoms with van der Waals surface area (Å²) in [5.74, 6) is 0.102. The number of rotatable bonds is 3. The molecule has 0 saturated carbocycles. The van der Waals surface area contributed by atoms with Gasteiger partial charge >= 0.3 is 0 Å². The average Bonchev–Trinajstić information content (AvgIpc) is 2.93. The number of carbonyl (C=O) groups excluding carboxylic acids is 1. The van der Waals surface area contributed by atoms with E-state index in [1.165, 1.54) is 0 Å². The summed E-state index contributed by atoms with van der Waals surface area (Å²) in [6.07, 6.45) is 0. The summed E-state index contributed by atoms with van der Waals surface area (Å²) in [5.41, 5.74) is 3.19. The van der Waals surface area contributed by atoms with E-state index in [1.807, 2.05) is 13.0 Å². The largest absolute Gasteiger partial charge is 0.355 e. The fraction of sp³-hybridized carbons (Fsp3) is 0.111. The smallest absolute Gasteiger partial charge is 0.261 e. The van der Waals surface area contributed by atoms with Crippen molar-refractivity contribution < 1.29 is 9.32 Å². The van der Waals surface area contributed by atoms with E-state index in [-0.39, 0.29) is 5.91 Å². The first kappa shape index (κ1) is 16.6.